The lowest BCUT2D eigenvalue weighted by Gasteiger charge is -2.33. The highest BCUT2D eigenvalue weighted by molar-refractivity contribution is 7.91. The summed E-state index contributed by atoms with van der Waals surface area (Å²) in [5, 5.41) is 14.1. The molecule has 54 heavy (non-hydrogen) atoms. The minimum absolute atomic E-state index is 0.0164. The second-order valence-corrected chi connectivity index (χ2v) is 16.6. The SMILES string of the molecule is CC[C@@H]1C[C@H](C)CC/C=C\[C@@H]2C[C@@]2(C(=O)NS(=O)(=O)C2CC2)NC(=O)[C@@H]2C[C@@H](Oc3nc4cc(OC)ccc4nc3C(F)(F)F)CN2C(=O)[C@H]1NC(=O)O. The first-order chi connectivity index (χ1) is 25.4. The fourth-order valence-electron chi connectivity index (χ4n) is 7.42. The number of halogens is 3. The smallest absolute Gasteiger partial charge is 0.438 e. The molecule has 15 nitrogen and oxygen atoms in total. The van der Waals surface area contributed by atoms with E-state index in [2.05, 4.69) is 25.3 Å². The van der Waals surface area contributed by atoms with E-state index in [9.17, 15) is 45.9 Å². The van der Waals surface area contributed by atoms with E-state index < -0.39 is 98.9 Å². The number of benzene rings is 1. The molecule has 2 saturated carbocycles. The zero-order valence-electron chi connectivity index (χ0n) is 29.9. The number of fused-ring (bicyclic) bond motifs is 3. The zero-order chi connectivity index (χ0) is 39.2. The number of ether oxygens (including phenoxy) is 2. The second-order valence-electron chi connectivity index (χ2n) is 14.6. The van der Waals surface area contributed by atoms with Gasteiger partial charge in [0.15, 0.2) is 0 Å². The van der Waals surface area contributed by atoms with Crippen LogP contribution in [0.1, 0.15) is 70.9 Å². The molecular formula is C35H43F3N6O9S. The maximum Gasteiger partial charge on any atom is 0.438 e. The van der Waals surface area contributed by atoms with E-state index in [4.69, 9.17) is 9.47 Å². The van der Waals surface area contributed by atoms with Gasteiger partial charge in [0.1, 0.15) is 29.5 Å². The van der Waals surface area contributed by atoms with E-state index in [1.54, 1.807) is 13.0 Å². The Labute approximate surface area is 309 Å². The van der Waals surface area contributed by atoms with Gasteiger partial charge in [0.2, 0.25) is 33.4 Å². The summed E-state index contributed by atoms with van der Waals surface area (Å²) in [6, 6.07) is 1.30. The van der Waals surface area contributed by atoms with Crippen molar-refractivity contribution in [3.05, 3.63) is 36.0 Å². The summed E-state index contributed by atoms with van der Waals surface area (Å²) >= 11 is 0. The van der Waals surface area contributed by atoms with Crippen molar-refractivity contribution in [2.45, 2.75) is 100 Å². The summed E-state index contributed by atoms with van der Waals surface area (Å²) in [6.45, 7) is 3.31. The molecule has 1 aromatic heterocycles. The van der Waals surface area contributed by atoms with Gasteiger partial charge in [-0.15, -0.1) is 0 Å². The van der Waals surface area contributed by atoms with Crippen LogP contribution in [0.2, 0.25) is 0 Å². The number of carbonyl (C=O) groups excluding carboxylic acids is 3. The molecule has 0 spiro atoms. The average Bonchev–Trinajstić information content (AvgIpc) is 4.03. The molecule has 6 rings (SSSR count). The normalized spacial score (nSPS) is 29.9. The van der Waals surface area contributed by atoms with Crippen molar-refractivity contribution in [3.63, 3.8) is 0 Å². The Morgan fingerprint density at radius 1 is 1.13 bits per heavy atom. The quantitative estimate of drug-likeness (QED) is 0.285. The Balaban J connectivity index is 1.38. The molecule has 3 fully saturated rings. The van der Waals surface area contributed by atoms with Crippen LogP contribution in [-0.2, 0) is 30.6 Å². The third kappa shape index (κ3) is 8.19. The molecule has 0 unspecified atom stereocenters. The predicted molar refractivity (Wildman–Crippen MR) is 186 cm³/mol. The van der Waals surface area contributed by atoms with Gasteiger partial charge in [-0.25, -0.2) is 23.2 Å². The Hall–Kier alpha value is -4.68. The number of alkyl halides is 3. The molecule has 2 aromatic rings. The number of sulfonamides is 1. The monoisotopic (exact) mass is 780 g/mol. The van der Waals surface area contributed by atoms with E-state index in [0.29, 0.717) is 44.3 Å². The molecule has 1 saturated heterocycles. The van der Waals surface area contributed by atoms with Crippen molar-refractivity contribution in [2.24, 2.45) is 17.8 Å². The molecule has 0 radical (unpaired) electrons. The highest BCUT2D eigenvalue weighted by atomic mass is 32.2. The number of amides is 4. The van der Waals surface area contributed by atoms with Crippen molar-refractivity contribution in [2.75, 3.05) is 13.7 Å². The maximum atomic E-state index is 14.4. The molecule has 0 bridgehead atoms. The summed E-state index contributed by atoms with van der Waals surface area (Å²) in [5.41, 5.74) is -3.20. The highest BCUT2D eigenvalue weighted by Gasteiger charge is 2.62. The van der Waals surface area contributed by atoms with Gasteiger partial charge in [-0.3, -0.25) is 19.1 Å². The Kier molecular flexibility index (Phi) is 10.7. The van der Waals surface area contributed by atoms with Crippen molar-refractivity contribution >= 4 is 44.9 Å². The van der Waals surface area contributed by atoms with E-state index >= 15 is 0 Å². The van der Waals surface area contributed by atoms with Gasteiger partial charge < -0.3 is 30.1 Å². The van der Waals surface area contributed by atoms with Crippen LogP contribution in [0.3, 0.4) is 0 Å². The zero-order valence-corrected chi connectivity index (χ0v) is 30.7. The van der Waals surface area contributed by atoms with E-state index in [0.717, 1.165) is 4.90 Å². The number of aromatic nitrogens is 2. The first-order valence-corrected chi connectivity index (χ1v) is 19.4. The molecule has 4 N–H and O–H groups in total. The molecular weight excluding hydrogens is 737 g/mol. The van der Waals surface area contributed by atoms with E-state index in [-0.39, 0.29) is 29.8 Å². The number of allylic oxidation sites excluding steroid dienone is 1. The van der Waals surface area contributed by atoms with E-state index in [1.165, 1.54) is 25.3 Å². The van der Waals surface area contributed by atoms with Crippen LogP contribution in [0.25, 0.3) is 11.0 Å². The van der Waals surface area contributed by atoms with Crippen LogP contribution in [0.15, 0.2) is 30.4 Å². The lowest BCUT2D eigenvalue weighted by Crippen LogP contribution is -2.59. The van der Waals surface area contributed by atoms with Crippen LogP contribution in [0.4, 0.5) is 18.0 Å². The minimum atomic E-state index is -5.01. The fraction of sp³-hybridized carbons (Fsp3) is 0.600. The van der Waals surface area contributed by atoms with Crippen LogP contribution < -0.4 is 24.8 Å². The summed E-state index contributed by atoms with van der Waals surface area (Å²) < 4.78 is 81.6. The number of rotatable bonds is 8. The van der Waals surface area contributed by atoms with Gasteiger partial charge in [0, 0.05) is 18.4 Å². The number of carbonyl (C=O) groups is 4. The number of hydrogen-bond acceptors (Lipinski definition) is 10. The van der Waals surface area contributed by atoms with Gasteiger partial charge in [0.05, 0.1) is 29.9 Å². The van der Waals surface area contributed by atoms with Gasteiger partial charge in [-0.2, -0.15) is 13.2 Å². The Morgan fingerprint density at radius 2 is 1.87 bits per heavy atom. The molecule has 2 aliphatic heterocycles. The number of methoxy groups -OCH3 is 1. The van der Waals surface area contributed by atoms with Crippen LogP contribution in [0.5, 0.6) is 11.6 Å². The number of nitrogens with one attached hydrogen (secondary N) is 3. The Morgan fingerprint density at radius 3 is 2.52 bits per heavy atom. The lowest BCUT2D eigenvalue weighted by molar-refractivity contribution is -0.143. The highest BCUT2D eigenvalue weighted by Crippen LogP contribution is 2.46. The summed E-state index contributed by atoms with van der Waals surface area (Å²) in [7, 11) is -2.64. The minimum Gasteiger partial charge on any atom is -0.497 e. The molecule has 4 amide bonds. The number of carboxylic acid groups (broad SMARTS) is 1. The summed E-state index contributed by atoms with van der Waals surface area (Å²) in [5.74, 6) is -4.32. The van der Waals surface area contributed by atoms with Crippen LogP contribution >= 0.6 is 0 Å². The van der Waals surface area contributed by atoms with Crippen LogP contribution in [-0.4, -0.2) is 94.8 Å². The summed E-state index contributed by atoms with van der Waals surface area (Å²) in [6.07, 6.45) is -1.68. The van der Waals surface area contributed by atoms with Crippen LogP contribution in [0, 0.1) is 17.8 Å². The molecule has 7 atom stereocenters. The lowest BCUT2D eigenvalue weighted by atomic mass is 9.85. The topological polar surface area (TPSA) is 206 Å². The van der Waals surface area contributed by atoms with Gasteiger partial charge in [-0.05, 0) is 62.5 Å². The molecule has 294 valence electrons. The predicted octanol–water partition coefficient (Wildman–Crippen LogP) is 3.53. The molecule has 2 aliphatic carbocycles. The largest absolute Gasteiger partial charge is 0.497 e. The molecule has 1 aromatic carbocycles. The van der Waals surface area contributed by atoms with Gasteiger partial charge in [0.25, 0.3) is 5.91 Å². The average molecular weight is 781 g/mol. The fourth-order valence-corrected chi connectivity index (χ4v) is 8.78. The van der Waals surface area contributed by atoms with Crippen molar-refractivity contribution in [1.82, 2.24) is 30.2 Å². The number of nitrogens with zero attached hydrogens (tertiary/aromatic N) is 3. The first kappa shape index (κ1) is 39.0. The molecule has 4 aliphatic rings. The molecule has 19 heteroatoms. The summed E-state index contributed by atoms with van der Waals surface area (Å²) in [4.78, 5) is 63.3. The molecule has 3 heterocycles. The second kappa shape index (κ2) is 14.9. The van der Waals surface area contributed by atoms with Gasteiger partial charge >= 0.3 is 12.3 Å². The number of hydrogen-bond donors (Lipinski definition) is 4. The first-order valence-electron chi connectivity index (χ1n) is 17.9. The maximum absolute atomic E-state index is 14.4. The van der Waals surface area contributed by atoms with Crippen molar-refractivity contribution in [3.8, 4) is 11.6 Å². The van der Waals surface area contributed by atoms with Crippen molar-refractivity contribution in [1.29, 1.82) is 0 Å². The Bertz CT molecular complexity index is 1960. The van der Waals surface area contributed by atoms with Gasteiger partial charge in [-0.1, -0.05) is 32.4 Å². The third-order valence-corrected chi connectivity index (χ3v) is 12.5. The van der Waals surface area contributed by atoms with Crippen molar-refractivity contribution < 1.29 is 55.3 Å². The van der Waals surface area contributed by atoms with E-state index in [1.807, 2.05) is 13.0 Å². The standard InChI is InChI=1S/C35H43F3N6O9S/c1-4-19-13-18(2)7-5-6-8-20-16-34(20,32(47)43-54(50,51)23-10-11-23)42-29(45)26-15-22(17-44(26)31(46)27(19)41-33(48)49)53-30-28(35(36,37)38)39-24-12-9-21(52-3)14-25(24)40-30/h6,8-9,12,14,18-20,22-23,26-27,41H,4-5,7,10-11,13,15-17H2,1-3H3,(H,42,45)(H,43,47)(H,48,49)/b8-6-/t18-,19-,20-,22-,26+,27+,34-/m1/s1. The third-order valence-electron chi connectivity index (χ3n) is 10.6.